The number of fused-ring (bicyclic) bond motifs is 1. The van der Waals surface area contributed by atoms with Crippen LogP contribution in [-0.2, 0) is 16.4 Å². The Kier molecular flexibility index (Phi) is 5.43. The van der Waals surface area contributed by atoms with E-state index in [-0.39, 0.29) is 28.4 Å². The molecule has 0 spiro atoms. The summed E-state index contributed by atoms with van der Waals surface area (Å²) >= 11 is 0. The average molecular weight is 436 g/mol. The van der Waals surface area contributed by atoms with Crippen LogP contribution in [0.4, 0.5) is 5.69 Å². The largest absolute Gasteiger partial charge is 0.350 e. The number of hydrogen-bond acceptors (Lipinski definition) is 5. The molecule has 0 fully saturated rings. The van der Waals surface area contributed by atoms with E-state index >= 15 is 0 Å². The van der Waals surface area contributed by atoms with Gasteiger partial charge in [0.05, 0.1) is 22.8 Å². The van der Waals surface area contributed by atoms with Gasteiger partial charge < -0.3 is 5.32 Å². The van der Waals surface area contributed by atoms with Gasteiger partial charge in [-0.05, 0) is 42.0 Å². The van der Waals surface area contributed by atoms with Gasteiger partial charge in [0.25, 0.3) is 5.91 Å². The van der Waals surface area contributed by atoms with Gasteiger partial charge in [-0.3, -0.25) is 9.20 Å². The molecule has 4 rings (SSSR count). The van der Waals surface area contributed by atoms with E-state index in [4.69, 9.17) is 0 Å². The number of pyridine rings is 1. The lowest BCUT2D eigenvalue weighted by molar-refractivity contribution is 0.102. The zero-order valence-corrected chi connectivity index (χ0v) is 17.5. The second kappa shape index (κ2) is 8.19. The van der Waals surface area contributed by atoms with E-state index in [0.717, 1.165) is 5.56 Å². The van der Waals surface area contributed by atoms with Gasteiger partial charge in [0.2, 0.25) is 0 Å². The van der Waals surface area contributed by atoms with Gasteiger partial charge in [-0.2, -0.15) is 0 Å². The number of carbonyl (C=O) groups excluding carboxylic acids is 1. The van der Waals surface area contributed by atoms with E-state index in [9.17, 15) is 18.0 Å². The molecule has 0 unspecified atom stereocenters. The molecule has 2 aromatic heterocycles. The van der Waals surface area contributed by atoms with Crippen LogP contribution in [0, 0.1) is 0 Å². The molecule has 0 saturated carbocycles. The smallest absolute Gasteiger partial charge is 0.322 e. The maximum absolute atomic E-state index is 12.8. The predicted molar refractivity (Wildman–Crippen MR) is 117 cm³/mol. The van der Waals surface area contributed by atoms with Crippen molar-refractivity contribution in [3.8, 4) is 0 Å². The Bertz CT molecular complexity index is 1440. The summed E-state index contributed by atoms with van der Waals surface area (Å²) in [5.41, 5.74) is 1.63. The lowest BCUT2D eigenvalue weighted by Gasteiger charge is -2.11. The van der Waals surface area contributed by atoms with Gasteiger partial charge in [-0.25, -0.2) is 17.9 Å². The summed E-state index contributed by atoms with van der Waals surface area (Å²) < 4.78 is 27.4. The highest BCUT2D eigenvalue weighted by molar-refractivity contribution is 7.91. The Hall–Kier alpha value is -3.72. The fourth-order valence-corrected chi connectivity index (χ4v) is 4.36. The van der Waals surface area contributed by atoms with E-state index in [1.165, 1.54) is 28.1 Å². The lowest BCUT2D eigenvalue weighted by atomic mass is 10.1. The minimum Gasteiger partial charge on any atom is -0.322 e. The molecule has 2 aromatic carbocycles. The molecular formula is C22H20N4O4S. The van der Waals surface area contributed by atoms with Crippen molar-refractivity contribution in [3.05, 3.63) is 94.5 Å². The molecule has 4 aromatic rings. The fraction of sp³-hybridized carbons (Fsp3) is 0.136. The first-order valence-corrected chi connectivity index (χ1v) is 11.3. The van der Waals surface area contributed by atoms with Crippen LogP contribution < -0.4 is 11.0 Å². The number of aromatic nitrogens is 3. The molecule has 0 bridgehead atoms. The van der Waals surface area contributed by atoms with E-state index in [2.05, 4.69) is 10.4 Å². The number of rotatable bonds is 6. The maximum Gasteiger partial charge on any atom is 0.350 e. The molecule has 0 aliphatic rings. The zero-order chi connectivity index (χ0) is 22.0. The second-order valence-corrected chi connectivity index (χ2v) is 9.17. The van der Waals surface area contributed by atoms with Crippen LogP contribution in [0.25, 0.3) is 5.65 Å². The van der Waals surface area contributed by atoms with Crippen LogP contribution in [0.3, 0.4) is 0 Å². The third kappa shape index (κ3) is 4.13. The number of benzene rings is 2. The minimum absolute atomic E-state index is 0.00223. The van der Waals surface area contributed by atoms with Crippen LogP contribution >= 0.6 is 0 Å². The van der Waals surface area contributed by atoms with Gasteiger partial charge in [0.15, 0.2) is 15.5 Å². The molecule has 0 aliphatic carbocycles. The third-order valence-corrected chi connectivity index (χ3v) is 6.64. The third-order valence-electron chi connectivity index (χ3n) is 4.85. The standard InChI is InChI=1S/C22H20N4O4S/c1-2-31(29,30)19-11-4-3-10-18(19)21(27)23-17-9-7-8-16(14-17)15-26-22(28)25-13-6-5-12-20(25)24-26/h3-14H,2,15H2,1H3,(H,23,27). The Morgan fingerprint density at radius 1 is 1.03 bits per heavy atom. The van der Waals surface area contributed by atoms with Gasteiger partial charge in [0.1, 0.15) is 0 Å². The Morgan fingerprint density at radius 3 is 2.58 bits per heavy atom. The fourth-order valence-electron chi connectivity index (χ4n) is 3.27. The van der Waals surface area contributed by atoms with E-state index in [0.29, 0.717) is 11.3 Å². The number of anilines is 1. The van der Waals surface area contributed by atoms with Crippen molar-refractivity contribution in [2.45, 2.75) is 18.4 Å². The molecule has 0 aliphatic heterocycles. The molecule has 8 nitrogen and oxygen atoms in total. The molecule has 1 amide bonds. The summed E-state index contributed by atoms with van der Waals surface area (Å²) in [6.07, 6.45) is 1.65. The first-order valence-electron chi connectivity index (χ1n) is 9.65. The Labute approximate surface area is 178 Å². The highest BCUT2D eigenvalue weighted by Crippen LogP contribution is 2.19. The molecule has 1 N–H and O–H groups in total. The Balaban J connectivity index is 1.59. The zero-order valence-electron chi connectivity index (χ0n) is 16.7. The molecule has 31 heavy (non-hydrogen) atoms. The molecule has 158 valence electrons. The lowest BCUT2D eigenvalue weighted by Crippen LogP contribution is -2.21. The molecule has 0 radical (unpaired) electrons. The van der Waals surface area contributed by atoms with Crippen molar-refractivity contribution in [3.63, 3.8) is 0 Å². The van der Waals surface area contributed by atoms with Crippen molar-refractivity contribution >= 4 is 27.1 Å². The van der Waals surface area contributed by atoms with Crippen molar-refractivity contribution in [2.75, 3.05) is 11.1 Å². The van der Waals surface area contributed by atoms with Crippen LogP contribution in [0.1, 0.15) is 22.8 Å². The van der Waals surface area contributed by atoms with Gasteiger partial charge in [-0.1, -0.05) is 37.3 Å². The second-order valence-electron chi connectivity index (χ2n) is 6.92. The molecule has 0 saturated heterocycles. The van der Waals surface area contributed by atoms with Gasteiger partial charge in [0, 0.05) is 11.9 Å². The summed E-state index contributed by atoms with van der Waals surface area (Å²) in [6.45, 7) is 1.76. The minimum atomic E-state index is -3.54. The number of nitrogens with zero attached hydrogens (tertiary/aromatic N) is 3. The summed E-state index contributed by atoms with van der Waals surface area (Å²) in [6, 6.07) is 18.4. The van der Waals surface area contributed by atoms with E-state index in [1.54, 1.807) is 54.7 Å². The maximum atomic E-state index is 12.8. The van der Waals surface area contributed by atoms with Crippen LogP contribution in [-0.4, -0.2) is 34.3 Å². The normalized spacial score (nSPS) is 11.5. The van der Waals surface area contributed by atoms with Gasteiger partial charge >= 0.3 is 5.69 Å². The summed E-state index contributed by atoms with van der Waals surface area (Å²) in [5, 5.41) is 7.05. The van der Waals surface area contributed by atoms with Crippen LogP contribution in [0.5, 0.6) is 0 Å². The van der Waals surface area contributed by atoms with Gasteiger partial charge in [-0.15, -0.1) is 5.10 Å². The van der Waals surface area contributed by atoms with Crippen molar-refractivity contribution in [1.82, 2.24) is 14.2 Å². The molecule has 0 atom stereocenters. The van der Waals surface area contributed by atoms with E-state index in [1.807, 2.05) is 6.07 Å². The predicted octanol–water partition coefficient (Wildman–Crippen LogP) is 2.59. The van der Waals surface area contributed by atoms with Crippen LogP contribution in [0.15, 0.2) is 82.6 Å². The van der Waals surface area contributed by atoms with Crippen LogP contribution in [0.2, 0.25) is 0 Å². The number of nitrogens with one attached hydrogen (secondary N) is 1. The van der Waals surface area contributed by atoms with Crippen molar-refractivity contribution in [1.29, 1.82) is 0 Å². The Morgan fingerprint density at radius 2 is 1.81 bits per heavy atom. The highest BCUT2D eigenvalue weighted by Gasteiger charge is 2.20. The topological polar surface area (TPSA) is 103 Å². The summed E-state index contributed by atoms with van der Waals surface area (Å²) in [5.74, 6) is -0.616. The molecule has 2 heterocycles. The number of sulfone groups is 1. The SMILES string of the molecule is CCS(=O)(=O)c1ccccc1C(=O)Nc1cccc(Cn2nc3ccccn3c2=O)c1. The number of carbonyl (C=O) groups is 1. The van der Waals surface area contributed by atoms with Crippen molar-refractivity contribution < 1.29 is 13.2 Å². The average Bonchev–Trinajstić information content (AvgIpc) is 3.09. The first-order chi connectivity index (χ1) is 14.9. The van der Waals surface area contributed by atoms with E-state index < -0.39 is 15.7 Å². The molecule has 9 heteroatoms. The first kappa shape index (κ1) is 20.5. The molecular weight excluding hydrogens is 416 g/mol. The monoisotopic (exact) mass is 436 g/mol. The van der Waals surface area contributed by atoms with Crippen molar-refractivity contribution in [2.24, 2.45) is 0 Å². The number of amides is 1. The number of hydrogen-bond donors (Lipinski definition) is 1. The highest BCUT2D eigenvalue weighted by atomic mass is 32.2. The summed E-state index contributed by atoms with van der Waals surface area (Å²) in [7, 11) is -3.54. The quantitative estimate of drug-likeness (QED) is 0.501. The summed E-state index contributed by atoms with van der Waals surface area (Å²) in [4.78, 5) is 25.3.